The lowest BCUT2D eigenvalue weighted by molar-refractivity contribution is -0.118. The van der Waals surface area contributed by atoms with Gasteiger partial charge in [-0.15, -0.1) is 5.10 Å². The number of halogens is 1. The summed E-state index contributed by atoms with van der Waals surface area (Å²) in [5, 5.41) is 14.3. The third-order valence-electron chi connectivity index (χ3n) is 2.93. The van der Waals surface area contributed by atoms with Gasteiger partial charge >= 0.3 is 0 Å². The number of benzene rings is 2. The summed E-state index contributed by atoms with van der Waals surface area (Å²) in [7, 11) is 0. The van der Waals surface area contributed by atoms with Crippen LogP contribution in [0.3, 0.4) is 0 Å². The predicted molar refractivity (Wildman–Crippen MR) is 84.7 cm³/mol. The van der Waals surface area contributed by atoms with Gasteiger partial charge in [0, 0.05) is 16.8 Å². The second kappa shape index (κ2) is 6.89. The van der Waals surface area contributed by atoms with E-state index in [9.17, 15) is 4.79 Å². The maximum absolute atomic E-state index is 11.9. The molecule has 0 saturated carbocycles. The average molecular weight is 330 g/mol. The van der Waals surface area contributed by atoms with Gasteiger partial charge in [0.1, 0.15) is 12.1 Å². The minimum Gasteiger partial charge on any atom is -0.484 e. The van der Waals surface area contributed by atoms with Crippen molar-refractivity contribution in [3.8, 4) is 11.4 Å². The van der Waals surface area contributed by atoms with E-state index in [2.05, 4.69) is 20.8 Å². The van der Waals surface area contributed by atoms with Crippen LogP contribution >= 0.6 is 11.6 Å². The first-order valence-electron chi connectivity index (χ1n) is 6.72. The lowest BCUT2D eigenvalue weighted by Gasteiger charge is -2.08. The van der Waals surface area contributed by atoms with E-state index >= 15 is 0 Å². The fourth-order valence-corrected chi connectivity index (χ4v) is 2.00. The highest BCUT2D eigenvalue weighted by atomic mass is 35.5. The molecule has 0 aliphatic heterocycles. The van der Waals surface area contributed by atoms with Gasteiger partial charge in [-0.25, -0.2) is 4.68 Å². The molecule has 3 rings (SSSR count). The number of amides is 1. The zero-order valence-electron chi connectivity index (χ0n) is 11.9. The van der Waals surface area contributed by atoms with Crippen LogP contribution < -0.4 is 10.1 Å². The van der Waals surface area contributed by atoms with Crippen LogP contribution in [0, 0.1) is 0 Å². The number of rotatable bonds is 5. The summed E-state index contributed by atoms with van der Waals surface area (Å²) in [6.07, 6.45) is 1.48. The molecule has 23 heavy (non-hydrogen) atoms. The molecular formula is C15H12ClN5O2. The fraction of sp³-hybridized carbons (Fsp3) is 0.0667. The molecule has 1 amide bonds. The molecule has 3 aromatic rings. The van der Waals surface area contributed by atoms with Crippen molar-refractivity contribution >= 4 is 23.2 Å². The maximum Gasteiger partial charge on any atom is 0.262 e. The molecule has 0 fully saturated rings. The minimum atomic E-state index is -0.264. The highest BCUT2D eigenvalue weighted by molar-refractivity contribution is 6.30. The van der Waals surface area contributed by atoms with Gasteiger partial charge in [0.05, 0.1) is 5.69 Å². The summed E-state index contributed by atoms with van der Waals surface area (Å²) in [4.78, 5) is 11.9. The first-order chi connectivity index (χ1) is 11.2. The summed E-state index contributed by atoms with van der Waals surface area (Å²) in [6, 6.07) is 14.0. The molecule has 8 heteroatoms. The van der Waals surface area contributed by atoms with Gasteiger partial charge in [-0.1, -0.05) is 17.7 Å². The monoisotopic (exact) mass is 329 g/mol. The molecule has 0 unspecified atom stereocenters. The van der Waals surface area contributed by atoms with Crippen molar-refractivity contribution in [3.05, 3.63) is 59.9 Å². The molecule has 116 valence electrons. The van der Waals surface area contributed by atoms with E-state index in [0.717, 1.165) is 5.69 Å². The Bertz CT molecular complexity index is 790. The van der Waals surface area contributed by atoms with Crippen LogP contribution in [0.1, 0.15) is 0 Å². The number of aromatic nitrogens is 4. The molecule has 0 radical (unpaired) electrons. The Hall–Kier alpha value is -2.93. The summed E-state index contributed by atoms with van der Waals surface area (Å²) in [5.41, 5.74) is 1.40. The topological polar surface area (TPSA) is 81.9 Å². The van der Waals surface area contributed by atoms with E-state index in [1.54, 1.807) is 42.5 Å². The lowest BCUT2D eigenvalue weighted by atomic mass is 10.3. The average Bonchev–Trinajstić information content (AvgIpc) is 3.10. The third kappa shape index (κ3) is 4.04. The molecule has 1 N–H and O–H groups in total. The number of tetrazole rings is 1. The smallest absolute Gasteiger partial charge is 0.262 e. The van der Waals surface area contributed by atoms with Crippen molar-refractivity contribution in [1.29, 1.82) is 0 Å². The molecule has 0 aliphatic carbocycles. The maximum atomic E-state index is 11.9. The number of hydrogen-bond donors (Lipinski definition) is 1. The SMILES string of the molecule is O=C(COc1cccc(-n2cnnn2)c1)Nc1ccc(Cl)cc1. The van der Waals surface area contributed by atoms with Gasteiger partial charge in [0.15, 0.2) is 6.61 Å². The second-order valence-electron chi connectivity index (χ2n) is 4.60. The molecule has 2 aromatic carbocycles. The Morgan fingerprint density at radius 1 is 1.22 bits per heavy atom. The molecule has 1 aromatic heterocycles. The van der Waals surface area contributed by atoms with E-state index in [1.165, 1.54) is 11.0 Å². The number of anilines is 1. The molecular weight excluding hydrogens is 318 g/mol. The van der Waals surface area contributed by atoms with Crippen LogP contribution in [0.4, 0.5) is 5.69 Å². The van der Waals surface area contributed by atoms with E-state index in [1.807, 2.05) is 6.07 Å². The summed E-state index contributed by atoms with van der Waals surface area (Å²) < 4.78 is 6.98. The number of ether oxygens (including phenoxy) is 1. The Morgan fingerprint density at radius 2 is 2.04 bits per heavy atom. The van der Waals surface area contributed by atoms with Crippen LogP contribution in [0.25, 0.3) is 5.69 Å². The van der Waals surface area contributed by atoms with Gasteiger partial charge in [0.25, 0.3) is 5.91 Å². The normalized spacial score (nSPS) is 10.3. The van der Waals surface area contributed by atoms with Crippen LogP contribution in [0.15, 0.2) is 54.9 Å². The standard InChI is InChI=1S/C15H12ClN5O2/c16-11-4-6-12(7-5-11)18-15(22)9-23-14-3-1-2-13(8-14)21-10-17-19-20-21/h1-8,10H,9H2,(H,18,22). The number of carbonyl (C=O) groups excluding carboxylic acids is 1. The number of hydrogen-bond acceptors (Lipinski definition) is 5. The van der Waals surface area contributed by atoms with E-state index in [0.29, 0.717) is 16.5 Å². The number of nitrogens with one attached hydrogen (secondary N) is 1. The van der Waals surface area contributed by atoms with E-state index < -0.39 is 0 Å². The Labute approximate surface area is 136 Å². The minimum absolute atomic E-state index is 0.109. The van der Waals surface area contributed by atoms with Gasteiger partial charge in [-0.3, -0.25) is 4.79 Å². The first-order valence-corrected chi connectivity index (χ1v) is 7.10. The summed E-state index contributed by atoms with van der Waals surface area (Å²) in [5.74, 6) is 0.282. The van der Waals surface area contributed by atoms with Crippen LogP contribution in [0.2, 0.25) is 5.02 Å². The summed E-state index contributed by atoms with van der Waals surface area (Å²) >= 11 is 5.79. The van der Waals surface area contributed by atoms with Crippen LogP contribution in [-0.4, -0.2) is 32.7 Å². The van der Waals surface area contributed by atoms with Crippen molar-refractivity contribution < 1.29 is 9.53 Å². The molecule has 7 nitrogen and oxygen atoms in total. The third-order valence-corrected chi connectivity index (χ3v) is 3.18. The highest BCUT2D eigenvalue weighted by Gasteiger charge is 2.05. The molecule has 0 atom stereocenters. The Morgan fingerprint density at radius 3 is 2.78 bits per heavy atom. The molecule has 0 bridgehead atoms. The highest BCUT2D eigenvalue weighted by Crippen LogP contribution is 2.16. The van der Waals surface area contributed by atoms with Crippen molar-refractivity contribution in [3.63, 3.8) is 0 Å². The van der Waals surface area contributed by atoms with Gasteiger partial charge in [-0.05, 0) is 46.8 Å². The molecule has 0 spiro atoms. The quantitative estimate of drug-likeness (QED) is 0.777. The van der Waals surface area contributed by atoms with E-state index in [-0.39, 0.29) is 12.5 Å². The van der Waals surface area contributed by atoms with Crippen LogP contribution in [-0.2, 0) is 4.79 Å². The fourth-order valence-electron chi connectivity index (χ4n) is 1.87. The Balaban J connectivity index is 1.58. The predicted octanol–water partition coefficient (Wildman–Crippen LogP) is 2.33. The lowest BCUT2D eigenvalue weighted by Crippen LogP contribution is -2.20. The molecule has 0 saturated heterocycles. The zero-order valence-corrected chi connectivity index (χ0v) is 12.6. The van der Waals surface area contributed by atoms with Gasteiger partial charge < -0.3 is 10.1 Å². The van der Waals surface area contributed by atoms with Gasteiger partial charge in [-0.2, -0.15) is 0 Å². The molecule has 1 heterocycles. The van der Waals surface area contributed by atoms with Crippen LogP contribution in [0.5, 0.6) is 5.75 Å². The number of carbonyl (C=O) groups is 1. The molecule has 0 aliphatic rings. The van der Waals surface area contributed by atoms with Crippen molar-refractivity contribution in [2.45, 2.75) is 0 Å². The van der Waals surface area contributed by atoms with E-state index in [4.69, 9.17) is 16.3 Å². The Kier molecular flexibility index (Phi) is 4.49. The van der Waals surface area contributed by atoms with Crippen molar-refractivity contribution in [2.75, 3.05) is 11.9 Å². The summed E-state index contributed by atoms with van der Waals surface area (Å²) in [6.45, 7) is -0.109. The largest absolute Gasteiger partial charge is 0.484 e. The van der Waals surface area contributed by atoms with Crippen molar-refractivity contribution in [1.82, 2.24) is 20.2 Å². The second-order valence-corrected chi connectivity index (χ2v) is 5.03. The zero-order chi connectivity index (χ0) is 16.1. The van der Waals surface area contributed by atoms with Crippen molar-refractivity contribution in [2.24, 2.45) is 0 Å². The number of nitrogens with zero attached hydrogens (tertiary/aromatic N) is 4. The van der Waals surface area contributed by atoms with Gasteiger partial charge in [0.2, 0.25) is 0 Å². The first kappa shape index (κ1) is 15.0.